The smallest absolute Gasteiger partial charge is 0.226 e. The summed E-state index contributed by atoms with van der Waals surface area (Å²) in [7, 11) is 0. The third kappa shape index (κ3) is 5.73. The minimum atomic E-state index is 0.136. The molecule has 0 amide bonds. The fourth-order valence-corrected chi connectivity index (χ4v) is 1.73. The zero-order valence-corrected chi connectivity index (χ0v) is 11.4. The van der Waals surface area contributed by atoms with Gasteiger partial charge in [-0.15, -0.1) is 11.6 Å². The van der Waals surface area contributed by atoms with Gasteiger partial charge in [0.15, 0.2) is 0 Å². The maximum absolute atomic E-state index is 5.93. The molecule has 0 radical (unpaired) electrons. The fraction of sp³-hybridized carbons (Fsp3) is 0.667. The van der Waals surface area contributed by atoms with Crippen molar-refractivity contribution in [3.05, 3.63) is 12.3 Å². The normalized spacial score (nSPS) is 14.1. The monoisotopic (exact) mass is 257 g/mol. The third-order valence-corrected chi connectivity index (χ3v) is 2.32. The average molecular weight is 258 g/mol. The van der Waals surface area contributed by atoms with Crippen LogP contribution in [0, 0.1) is 0 Å². The Kier molecular flexibility index (Phi) is 6.05. The third-order valence-electron chi connectivity index (χ3n) is 2.14. The van der Waals surface area contributed by atoms with Gasteiger partial charge >= 0.3 is 0 Å². The zero-order chi connectivity index (χ0) is 12.7. The Labute approximate surface area is 108 Å². The molecule has 0 saturated carbocycles. The molecule has 1 aromatic rings. The van der Waals surface area contributed by atoms with E-state index in [-0.39, 0.29) is 11.4 Å². The van der Waals surface area contributed by atoms with Gasteiger partial charge in [0.25, 0.3) is 0 Å². The van der Waals surface area contributed by atoms with Crippen molar-refractivity contribution in [3.8, 4) is 5.88 Å². The molecule has 0 aromatic carbocycles. The number of hydrogen-bond donors (Lipinski definition) is 1. The molecular formula is C12H20ClN3O. The molecule has 0 spiro atoms. The molecule has 0 bridgehead atoms. The van der Waals surface area contributed by atoms with Crippen LogP contribution in [0.15, 0.2) is 12.3 Å². The number of ether oxygens (including phenoxy) is 1. The predicted octanol–water partition coefficient (Wildman–Crippen LogP) is 3.08. The molecule has 96 valence electrons. The Hall–Kier alpha value is -1.03. The number of halogens is 1. The highest BCUT2D eigenvalue weighted by molar-refractivity contribution is 6.20. The van der Waals surface area contributed by atoms with Crippen LogP contribution < -0.4 is 10.1 Å². The van der Waals surface area contributed by atoms with Crippen LogP contribution in [0.1, 0.15) is 33.6 Å². The summed E-state index contributed by atoms with van der Waals surface area (Å²) in [5, 5.41) is 3.34. The number of anilines is 1. The van der Waals surface area contributed by atoms with Crippen molar-refractivity contribution in [2.45, 2.75) is 45.0 Å². The highest BCUT2D eigenvalue weighted by atomic mass is 35.5. The van der Waals surface area contributed by atoms with Crippen LogP contribution in [0.5, 0.6) is 5.88 Å². The van der Waals surface area contributed by atoms with E-state index in [4.69, 9.17) is 16.3 Å². The largest absolute Gasteiger partial charge is 0.478 e. The van der Waals surface area contributed by atoms with Gasteiger partial charge in [-0.2, -0.15) is 4.98 Å². The molecule has 0 saturated heterocycles. The molecule has 4 nitrogen and oxygen atoms in total. The molecule has 1 rings (SSSR count). The highest BCUT2D eigenvalue weighted by Gasteiger charge is 2.08. The highest BCUT2D eigenvalue weighted by Crippen LogP contribution is 2.12. The van der Waals surface area contributed by atoms with Crippen molar-refractivity contribution < 1.29 is 4.74 Å². The van der Waals surface area contributed by atoms with Crippen molar-refractivity contribution in [1.29, 1.82) is 0 Å². The topological polar surface area (TPSA) is 47.0 Å². The lowest BCUT2D eigenvalue weighted by molar-refractivity contribution is 0.305. The lowest BCUT2D eigenvalue weighted by Gasteiger charge is -2.15. The van der Waals surface area contributed by atoms with E-state index in [9.17, 15) is 0 Å². The van der Waals surface area contributed by atoms with Crippen LogP contribution in [0.4, 0.5) is 5.95 Å². The summed E-state index contributed by atoms with van der Waals surface area (Å²) in [5.74, 6) is 1.19. The molecule has 0 fully saturated rings. The first-order chi connectivity index (χ1) is 8.11. The van der Waals surface area contributed by atoms with Crippen molar-refractivity contribution in [2.75, 3.05) is 11.9 Å². The maximum Gasteiger partial charge on any atom is 0.226 e. The van der Waals surface area contributed by atoms with Gasteiger partial charge in [-0.1, -0.05) is 6.92 Å². The Bertz CT molecular complexity index is 333. The van der Waals surface area contributed by atoms with E-state index < -0.39 is 0 Å². The van der Waals surface area contributed by atoms with Crippen LogP contribution in [0.25, 0.3) is 0 Å². The quantitative estimate of drug-likeness (QED) is 0.763. The molecular weight excluding hydrogens is 238 g/mol. The standard InChI is InChI=1S/C12H20ClN3O/c1-4-7-17-11-5-6-14-12(16-11)15-10(3)8-9(2)13/h5-6,9-10H,4,7-8H2,1-3H3,(H,14,15,16). The molecule has 1 aromatic heterocycles. The molecule has 0 aliphatic rings. The van der Waals surface area contributed by atoms with Gasteiger partial charge in [-0.25, -0.2) is 4.98 Å². The molecule has 0 aliphatic carbocycles. The summed E-state index contributed by atoms with van der Waals surface area (Å²) in [4.78, 5) is 8.42. The summed E-state index contributed by atoms with van der Waals surface area (Å²) in [6, 6.07) is 2.00. The van der Waals surface area contributed by atoms with E-state index in [2.05, 4.69) is 29.1 Å². The number of rotatable bonds is 7. The maximum atomic E-state index is 5.93. The van der Waals surface area contributed by atoms with Gasteiger partial charge < -0.3 is 10.1 Å². The number of aromatic nitrogens is 2. The Morgan fingerprint density at radius 1 is 1.47 bits per heavy atom. The van der Waals surface area contributed by atoms with E-state index in [0.29, 0.717) is 18.4 Å². The van der Waals surface area contributed by atoms with Crippen LogP contribution in [-0.4, -0.2) is 28.0 Å². The molecule has 1 N–H and O–H groups in total. The summed E-state index contributed by atoms with van der Waals surface area (Å²) in [6.07, 6.45) is 3.52. The fourth-order valence-electron chi connectivity index (χ4n) is 1.47. The second-order valence-corrected chi connectivity index (χ2v) is 4.87. The molecule has 5 heteroatoms. The molecule has 1 heterocycles. The minimum absolute atomic E-state index is 0.136. The Morgan fingerprint density at radius 3 is 2.88 bits per heavy atom. The van der Waals surface area contributed by atoms with Gasteiger partial charge in [0.05, 0.1) is 6.61 Å². The van der Waals surface area contributed by atoms with Gasteiger partial charge in [0, 0.05) is 23.7 Å². The van der Waals surface area contributed by atoms with Gasteiger partial charge in [0.1, 0.15) is 0 Å². The first-order valence-electron chi connectivity index (χ1n) is 5.98. The van der Waals surface area contributed by atoms with Gasteiger partial charge in [0.2, 0.25) is 11.8 Å². The van der Waals surface area contributed by atoms with Crippen molar-refractivity contribution in [2.24, 2.45) is 0 Å². The summed E-state index contributed by atoms with van der Waals surface area (Å²) >= 11 is 5.93. The van der Waals surface area contributed by atoms with Gasteiger partial charge in [-0.3, -0.25) is 0 Å². The average Bonchev–Trinajstić information content (AvgIpc) is 2.25. The Morgan fingerprint density at radius 2 is 2.24 bits per heavy atom. The van der Waals surface area contributed by atoms with Gasteiger partial charge in [-0.05, 0) is 26.7 Å². The molecule has 17 heavy (non-hydrogen) atoms. The minimum Gasteiger partial charge on any atom is -0.478 e. The summed E-state index contributed by atoms with van der Waals surface area (Å²) in [6.45, 7) is 6.76. The van der Waals surface area contributed by atoms with Crippen LogP contribution in [-0.2, 0) is 0 Å². The first-order valence-corrected chi connectivity index (χ1v) is 6.42. The molecule has 2 atom stereocenters. The summed E-state index contributed by atoms with van der Waals surface area (Å²) < 4.78 is 5.44. The van der Waals surface area contributed by atoms with E-state index >= 15 is 0 Å². The molecule has 0 aliphatic heterocycles. The number of nitrogens with one attached hydrogen (secondary N) is 1. The Balaban J connectivity index is 2.52. The number of hydrogen-bond acceptors (Lipinski definition) is 4. The van der Waals surface area contributed by atoms with Crippen LogP contribution >= 0.6 is 11.6 Å². The second-order valence-electron chi connectivity index (χ2n) is 4.13. The number of nitrogens with zero attached hydrogens (tertiary/aromatic N) is 2. The SMILES string of the molecule is CCCOc1ccnc(NC(C)CC(C)Cl)n1. The van der Waals surface area contributed by atoms with E-state index in [1.807, 2.05) is 6.92 Å². The predicted molar refractivity (Wildman–Crippen MR) is 70.8 cm³/mol. The van der Waals surface area contributed by atoms with E-state index in [0.717, 1.165) is 12.8 Å². The van der Waals surface area contributed by atoms with Crippen LogP contribution in [0.3, 0.4) is 0 Å². The summed E-state index contributed by atoms with van der Waals surface area (Å²) in [5.41, 5.74) is 0. The first kappa shape index (κ1) is 14.0. The second kappa shape index (κ2) is 7.33. The van der Waals surface area contributed by atoms with Crippen molar-refractivity contribution in [3.63, 3.8) is 0 Å². The van der Waals surface area contributed by atoms with E-state index in [1.165, 1.54) is 0 Å². The lowest BCUT2D eigenvalue weighted by Crippen LogP contribution is -2.20. The number of alkyl halides is 1. The van der Waals surface area contributed by atoms with Crippen LogP contribution in [0.2, 0.25) is 0 Å². The van der Waals surface area contributed by atoms with Crippen molar-refractivity contribution in [1.82, 2.24) is 9.97 Å². The van der Waals surface area contributed by atoms with E-state index in [1.54, 1.807) is 12.3 Å². The van der Waals surface area contributed by atoms with Crippen molar-refractivity contribution >= 4 is 17.5 Å². The zero-order valence-electron chi connectivity index (χ0n) is 10.6. The lowest BCUT2D eigenvalue weighted by atomic mass is 10.2. The molecule has 2 unspecified atom stereocenters.